The maximum atomic E-state index is 11.8. The van der Waals surface area contributed by atoms with E-state index in [1.165, 1.54) is 10.6 Å². The molecule has 0 aromatic heterocycles. The third-order valence-corrected chi connectivity index (χ3v) is 4.72. The van der Waals surface area contributed by atoms with Crippen molar-refractivity contribution in [2.24, 2.45) is 17.6 Å². The molecule has 0 fully saturated rings. The molecule has 21 heavy (non-hydrogen) atoms. The van der Waals surface area contributed by atoms with Crippen LogP contribution in [0.1, 0.15) is 40.0 Å². The SMILES string of the molecule is CCN(CCCNC(=O)C[C@@H](CN)CC(C)C)S(C)(=O)=O. The average molecular weight is 321 g/mol. The van der Waals surface area contributed by atoms with Gasteiger partial charge in [0.05, 0.1) is 6.26 Å². The van der Waals surface area contributed by atoms with Crippen LogP contribution in [0.25, 0.3) is 0 Å². The number of hydrogen-bond acceptors (Lipinski definition) is 4. The number of hydrogen-bond donors (Lipinski definition) is 2. The van der Waals surface area contributed by atoms with Gasteiger partial charge in [0.15, 0.2) is 0 Å². The summed E-state index contributed by atoms with van der Waals surface area (Å²) < 4.78 is 24.2. The van der Waals surface area contributed by atoms with Gasteiger partial charge in [-0.05, 0) is 31.2 Å². The van der Waals surface area contributed by atoms with E-state index in [2.05, 4.69) is 19.2 Å². The maximum absolute atomic E-state index is 11.8. The van der Waals surface area contributed by atoms with Gasteiger partial charge in [-0.1, -0.05) is 20.8 Å². The number of rotatable bonds is 11. The third kappa shape index (κ3) is 9.82. The third-order valence-electron chi connectivity index (χ3n) is 3.34. The Hall–Kier alpha value is -0.660. The summed E-state index contributed by atoms with van der Waals surface area (Å²) >= 11 is 0. The largest absolute Gasteiger partial charge is 0.356 e. The highest BCUT2D eigenvalue weighted by Crippen LogP contribution is 2.13. The van der Waals surface area contributed by atoms with E-state index in [4.69, 9.17) is 5.73 Å². The predicted octanol–water partition coefficient (Wildman–Crippen LogP) is 0.785. The fraction of sp³-hybridized carbons (Fsp3) is 0.929. The van der Waals surface area contributed by atoms with Gasteiger partial charge in [0.1, 0.15) is 0 Å². The number of nitrogens with one attached hydrogen (secondary N) is 1. The van der Waals surface area contributed by atoms with Crippen molar-refractivity contribution in [3.05, 3.63) is 0 Å². The maximum Gasteiger partial charge on any atom is 0.220 e. The van der Waals surface area contributed by atoms with Gasteiger partial charge < -0.3 is 11.1 Å². The van der Waals surface area contributed by atoms with Crippen molar-refractivity contribution in [1.29, 1.82) is 0 Å². The molecule has 0 aliphatic heterocycles. The lowest BCUT2D eigenvalue weighted by molar-refractivity contribution is -0.122. The molecule has 0 spiro atoms. The summed E-state index contributed by atoms with van der Waals surface area (Å²) in [6.07, 6.45) is 3.21. The Bertz CT molecular complexity index is 396. The van der Waals surface area contributed by atoms with Gasteiger partial charge in [-0.2, -0.15) is 0 Å². The Morgan fingerprint density at radius 1 is 1.33 bits per heavy atom. The van der Waals surface area contributed by atoms with Crippen molar-refractivity contribution >= 4 is 15.9 Å². The van der Waals surface area contributed by atoms with Crippen LogP contribution in [-0.4, -0.2) is 51.1 Å². The highest BCUT2D eigenvalue weighted by atomic mass is 32.2. The number of nitrogens with zero attached hydrogens (tertiary/aromatic N) is 1. The molecule has 0 aromatic rings. The Balaban J connectivity index is 3.99. The molecule has 3 N–H and O–H groups in total. The number of carbonyl (C=O) groups is 1. The van der Waals surface area contributed by atoms with E-state index in [-0.39, 0.29) is 11.8 Å². The summed E-state index contributed by atoms with van der Waals surface area (Å²) in [5, 5.41) is 2.84. The second-order valence-corrected chi connectivity index (χ2v) is 7.88. The van der Waals surface area contributed by atoms with E-state index in [0.717, 1.165) is 6.42 Å². The first-order valence-corrected chi connectivity index (χ1v) is 9.47. The monoisotopic (exact) mass is 321 g/mol. The van der Waals surface area contributed by atoms with Crippen molar-refractivity contribution in [3.63, 3.8) is 0 Å². The molecule has 0 aliphatic rings. The van der Waals surface area contributed by atoms with Crippen LogP contribution >= 0.6 is 0 Å². The van der Waals surface area contributed by atoms with E-state index in [1.54, 1.807) is 6.92 Å². The van der Waals surface area contributed by atoms with Gasteiger partial charge in [-0.25, -0.2) is 12.7 Å². The molecule has 126 valence electrons. The average Bonchev–Trinajstić information content (AvgIpc) is 2.35. The number of carbonyl (C=O) groups excluding carboxylic acids is 1. The molecule has 0 unspecified atom stereocenters. The standard InChI is InChI=1S/C14H31N3O3S/c1-5-17(21(4,19)20)8-6-7-16-14(18)10-13(11-15)9-12(2)3/h12-13H,5-11,15H2,1-4H3,(H,16,18)/t13-/m0/s1. The molecule has 7 heteroatoms. The first kappa shape index (κ1) is 20.3. The molecule has 0 heterocycles. The Kier molecular flexibility index (Phi) is 9.81. The van der Waals surface area contributed by atoms with E-state index >= 15 is 0 Å². The van der Waals surface area contributed by atoms with Crippen LogP contribution < -0.4 is 11.1 Å². The topological polar surface area (TPSA) is 92.5 Å². The van der Waals surface area contributed by atoms with Crippen LogP contribution in [-0.2, 0) is 14.8 Å². The summed E-state index contributed by atoms with van der Waals surface area (Å²) in [5.41, 5.74) is 5.68. The predicted molar refractivity (Wildman–Crippen MR) is 86.3 cm³/mol. The zero-order valence-corrected chi connectivity index (χ0v) is 14.6. The lowest BCUT2D eigenvalue weighted by Gasteiger charge is -2.18. The molecule has 0 aliphatic carbocycles. The van der Waals surface area contributed by atoms with Crippen molar-refractivity contribution in [1.82, 2.24) is 9.62 Å². The zero-order chi connectivity index (χ0) is 16.5. The molecular weight excluding hydrogens is 290 g/mol. The van der Waals surface area contributed by atoms with Crippen molar-refractivity contribution in [2.45, 2.75) is 40.0 Å². The lowest BCUT2D eigenvalue weighted by Crippen LogP contribution is -2.34. The summed E-state index contributed by atoms with van der Waals surface area (Å²) in [6, 6.07) is 0. The first-order valence-electron chi connectivity index (χ1n) is 7.62. The van der Waals surface area contributed by atoms with E-state index < -0.39 is 10.0 Å². The second-order valence-electron chi connectivity index (χ2n) is 5.89. The summed E-state index contributed by atoms with van der Waals surface area (Å²) in [4.78, 5) is 11.8. The van der Waals surface area contributed by atoms with Crippen LogP contribution in [0.5, 0.6) is 0 Å². The summed E-state index contributed by atoms with van der Waals surface area (Å²) in [7, 11) is -3.15. The van der Waals surface area contributed by atoms with E-state index in [1.807, 2.05) is 0 Å². The smallest absolute Gasteiger partial charge is 0.220 e. The quantitative estimate of drug-likeness (QED) is 0.550. The van der Waals surface area contributed by atoms with Gasteiger partial charge in [0, 0.05) is 26.1 Å². The van der Waals surface area contributed by atoms with Gasteiger partial charge in [0.2, 0.25) is 15.9 Å². The molecule has 0 saturated carbocycles. The normalized spacial score (nSPS) is 13.7. The highest BCUT2D eigenvalue weighted by molar-refractivity contribution is 7.88. The van der Waals surface area contributed by atoms with Crippen molar-refractivity contribution in [2.75, 3.05) is 32.4 Å². The van der Waals surface area contributed by atoms with Crippen LogP contribution in [0.4, 0.5) is 0 Å². The molecular formula is C14H31N3O3S. The lowest BCUT2D eigenvalue weighted by atomic mass is 9.94. The van der Waals surface area contributed by atoms with Crippen molar-refractivity contribution < 1.29 is 13.2 Å². The summed E-state index contributed by atoms with van der Waals surface area (Å²) in [5.74, 6) is 0.737. The fourth-order valence-electron chi connectivity index (χ4n) is 2.31. The van der Waals surface area contributed by atoms with Crippen LogP contribution in [0, 0.1) is 11.8 Å². The Morgan fingerprint density at radius 2 is 1.95 bits per heavy atom. The Morgan fingerprint density at radius 3 is 2.38 bits per heavy atom. The molecule has 0 saturated heterocycles. The highest BCUT2D eigenvalue weighted by Gasteiger charge is 2.15. The van der Waals surface area contributed by atoms with Gasteiger partial charge in [-0.15, -0.1) is 0 Å². The molecule has 0 rings (SSSR count). The number of amides is 1. The first-order chi connectivity index (χ1) is 9.70. The van der Waals surface area contributed by atoms with Crippen LogP contribution in [0.15, 0.2) is 0 Å². The zero-order valence-electron chi connectivity index (χ0n) is 13.8. The van der Waals surface area contributed by atoms with Gasteiger partial charge in [-0.3, -0.25) is 4.79 Å². The second kappa shape index (κ2) is 10.1. The number of sulfonamides is 1. The van der Waals surface area contributed by atoms with E-state index in [9.17, 15) is 13.2 Å². The number of nitrogens with two attached hydrogens (primary N) is 1. The fourth-order valence-corrected chi connectivity index (χ4v) is 3.24. The molecule has 6 nitrogen and oxygen atoms in total. The van der Waals surface area contributed by atoms with Gasteiger partial charge >= 0.3 is 0 Å². The van der Waals surface area contributed by atoms with Crippen LogP contribution in [0.3, 0.4) is 0 Å². The minimum atomic E-state index is -3.15. The minimum absolute atomic E-state index is 0.00601. The molecule has 0 radical (unpaired) electrons. The van der Waals surface area contributed by atoms with Crippen LogP contribution in [0.2, 0.25) is 0 Å². The van der Waals surface area contributed by atoms with E-state index in [0.29, 0.717) is 44.9 Å². The Labute approximate surface area is 129 Å². The van der Waals surface area contributed by atoms with Gasteiger partial charge in [0.25, 0.3) is 0 Å². The molecule has 0 bridgehead atoms. The summed E-state index contributed by atoms with van der Waals surface area (Å²) in [6.45, 7) is 7.93. The molecule has 0 aromatic carbocycles. The van der Waals surface area contributed by atoms with Crippen molar-refractivity contribution in [3.8, 4) is 0 Å². The molecule has 1 atom stereocenters. The minimum Gasteiger partial charge on any atom is -0.356 e. The molecule has 1 amide bonds.